The number of carbonyl (C=O) groups excluding carboxylic acids is 2. The first kappa shape index (κ1) is 18.4. The number of nitrogens with zero attached hydrogens (tertiary/aromatic N) is 1. The Kier molecular flexibility index (Phi) is 5.92. The first-order valence-corrected chi connectivity index (χ1v) is 9.63. The highest BCUT2D eigenvalue weighted by Crippen LogP contribution is 2.18. The second kappa shape index (κ2) is 7.73. The van der Waals surface area contributed by atoms with Crippen molar-refractivity contribution in [2.24, 2.45) is 0 Å². The van der Waals surface area contributed by atoms with Crippen LogP contribution in [0.15, 0.2) is 34.5 Å². The van der Waals surface area contributed by atoms with Crippen LogP contribution < -0.4 is 5.32 Å². The number of hydrogen-bond acceptors (Lipinski definition) is 7. The molecule has 0 aliphatic carbocycles. The van der Waals surface area contributed by atoms with Gasteiger partial charge in [0.1, 0.15) is 5.75 Å². The number of aromatic nitrogens is 1. The third-order valence-electron chi connectivity index (χ3n) is 2.73. The summed E-state index contributed by atoms with van der Waals surface area (Å²) >= 11 is 6.71. The topological polar surface area (TPSA) is 102 Å². The van der Waals surface area contributed by atoms with Gasteiger partial charge in [-0.05, 0) is 31.2 Å². The SMILES string of the molecule is CCOC(=O)c1csc(NC(=O)CS(=O)(=O)c2ccc(Cl)cc2)n1. The van der Waals surface area contributed by atoms with Crippen LogP contribution in [-0.4, -0.2) is 37.6 Å². The number of hydrogen-bond donors (Lipinski definition) is 1. The summed E-state index contributed by atoms with van der Waals surface area (Å²) < 4.78 is 29.1. The van der Waals surface area contributed by atoms with E-state index >= 15 is 0 Å². The van der Waals surface area contributed by atoms with Gasteiger partial charge in [0.15, 0.2) is 20.7 Å². The molecule has 0 fully saturated rings. The maximum atomic E-state index is 12.1. The van der Waals surface area contributed by atoms with Crippen LogP contribution in [0.5, 0.6) is 0 Å². The fourth-order valence-corrected chi connectivity index (χ4v) is 3.64. The summed E-state index contributed by atoms with van der Waals surface area (Å²) in [6.07, 6.45) is 0. The molecule has 10 heteroatoms. The standard InChI is InChI=1S/C14H13ClN2O5S2/c1-2-22-13(19)11-7-23-14(16-11)17-12(18)8-24(20,21)10-5-3-9(15)4-6-10/h3-7H,2,8H2,1H3,(H,16,17,18). The molecule has 2 aromatic rings. The zero-order chi connectivity index (χ0) is 17.7. The number of rotatable bonds is 6. The van der Waals surface area contributed by atoms with E-state index in [0.717, 1.165) is 11.3 Å². The lowest BCUT2D eigenvalue weighted by Gasteiger charge is -2.04. The normalized spacial score (nSPS) is 11.1. The van der Waals surface area contributed by atoms with Crippen molar-refractivity contribution in [2.75, 3.05) is 17.7 Å². The molecular formula is C14H13ClN2O5S2. The summed E-state index contributed by atoms with van der Waals surface area (Å²) in [5.41, 5.74) is 0.0534. The highest BCUT2D eigenvalue weighted by Gasteiger charge is 2.21. The Morgan fingerprint density at radius 3 is 2.58 bits per heavy atom. The minimum Gasteiger partial charge on any atom is -0.461 e. The summed E-state index contributed by atoms with van der Waals surface area (Å²) in [4.78, 5) is 27.3. The summed E-state index contributed by atoms with van der Waals surface area (Å²) in [7, 11) is -3.80. The van der Waals surface area contributed by atoms with Crippen molar-refractivity contribution in [3.05, 3.63) is 40.4 Å². The van der Waals surface area contributed by atoms with Crippen molar-refractivity contribution in [3.63, 3.8) is 0 Å². The number of anilines is 1. The van der Waals surface area contributed by atoms with Crippen molar-refractivity contribution >= 4 is 49.8 Å². The van der Waals surface area contributed by atoms with E-state index in [0.29, 0.717) is 5.02 Å². The van der Waals surface area contributed by atoms with Gasteiger partial charge in [-0.3, -0.25) is 4.79 Å². The molecule has 0 radical (unpaired) electrons. The lowest BCUT2D eigenvalue weighted by Crippen LogP contribution is -2.23. The molecule has 0 aliphatic rings. The molecule has 1 aromatic carbocycles. The third kappa shape index (κ3) is 4.76. The van der Waals surface area contributed by atoms with Crippen molar-refractivity contribution in [1.82, 2.24) is 4.98 Å². The van der Waals surface area contributed by atoms with Crippen LogP contribution in [-0.2, 0) is 19.4 Å². The van der Waals surface area contributed by atoms with Crippen LogP contribution in [0, 0.1) is 0 Å². The second-order valence-electron chi connectivity index (χ2n) is 4.52. The molecule has 1 aromatic heterocycles. The van der Waals surface area contributed by atoms with E-state index < -0.39 is 27.5 Å². The molecule has 0 unspecified atom stereocenters. The van der Waals surface area contributed by atoms with Gasteiger partial charge in [0, 0.05) is 10.4 Å². The van der Waals surface area contributed by atoms with E-state index in [1.54, 1.807) is 6.92 Å². The maximum Gasteiger partial charge on any atom is 0.357 e. The van der Waals surface area contributed by atoms with E-state index in [-0.39, 0.29) is 22.3 Å². The Bertz CT molecular complexity index is 846. The lowest BCUT2D eigenvalue weighted by molar-refractivity contribution is -0.113. The fourth-order valence-electron chi connectivity index (χ4n) is 1.68. The van der Waals surface area contributed by atoms with E-state index in [4.69, 9.17) is 16.3 Å². The Morgan fingerprint density at radius 2 is 1.96 bits per heavy atom. The van der Waals surface area contributed by atoms with Gasteiger partial charge in [-0.25, -0.2) is 18.2 Å². The molecule has 0 bridgehead atoms. The van der Waals surface area contributed by atoms with Crippen molar-refractivity contribution in [1.29, 1.82) is 0 Å². The van der Waals surface area contributed by atoms with Crippen LogP contribution in [0.2, 0.25) is 5.02 Å². The molecule has 2 rings (SSSR count). The minimum atomic E-state index is -3.80. The van der Waals surface area contributed by atoms with Crippen molar-refractivity contribution < 1.29 is 22.7 Å². The van der Waals surface area contributed by atoms with Crippen molar-refractivity contribution in [3.8, 4) is 0 Å². The van der Waals surface area contributed by atoms with E-state index in [1.807, 2.05) is 0 Å². The Hall–Kier alpha value is -1.97. The van der Waals surface area contributed by atoms with Gasteiger partial charge in [-0.2, -0.15) is 0 Å². The van der Waals surface area contributed by atoms with Gasteiger partial charge in [0.25, 0.3) is 0 Å². The highest BCUT2D eigenvalue weighted by molar-refractivity contribution is 7.92. The van der Waals surface area contributed by atoms with Crippen LogP contribution >= 0.6 is 22.9 Å². The molecule has 1 amide bonds. The molecule has 7 nitrogen and oxygen atoms in total. The van der Waals surface area contributed by atoms with Gasteiger partial charge in [0.2, 0.25) is 5.91 Å². The molecular weight excluding hydrogens is 376 g/mol. The van der Waals surface area contributed by atoms with Gasteiger partial charge in [0.05, 0.1) is 11.5 Å². The van der Waals surface area contributed by atoms with Crippen LogP contribution in [0.4, 0.5) is 5.13 Å². The molecule has 0 saturated carbocycles. The van der Waals surface area contributed by atoms with Gasteiger partial charge in [-0.1, -0.05) is 11.6 Å². The van der Waals surface area contributed by atoms with E-state index in [2.05, 4.69) is 10.3 Å². The van der Waals surface area contributed by atoms with Crippen molar-refractivity contribution in [2.45, 2.75) is 11.8 Å². The molecule has 0 aliphatic heterocycles. The molecule has 1 heterocycles. The Balaban J connectivity index is 2.02. The molecule has 24 heavy (non-hydrogen) atoms. The number of benzene rings is 1. The fraction of sp³-hybridized carbons (Fsp3) is 0.214. The molecule has 0 atom stereocenters. The van der Waals surface area contributed by atoms with E-state index in [9.17, 15) is 18.0 Å². The Morgan fingerprint density at radius 1 is 1.29 bits per heavy atom. The monoisotopic (exact) mass is 388 g/mol. The third-order valence-corrected chi connectivity index (χ3v) is 5.37. The van der Waals surface area contributed by atoms with Gasteiger partial charge >= 0.3 is 5.97 Å². The first-order chi connectivity index (χ1) is 11.3. The predicted molar refractivity (Wildman–Crippen MR) is 90.2 cm³/mol. The summed E-state index contributed by atoms with van der Waals surface area (Å²) in [5.74, 6) is -2.11. The molecule has 1 N–H and O–H groups in total. The smallest absolute Gasteiger partial charge is 0.357 e. The number of sulfone groups is 1. The Labute approximate surface area is 147 Å². The number of esters is 1. The summed E-state index contributed by atoms with van der Waals surface area (Å²) in [5, 5.41) is 4.29. The number of nitrogens with one attached hydrogen (secondary N) is 1. The molecule has 0 saturated heterocycles. The molecule has 128 valence electrons. The highest BCUT2D eigenvalue weighted by atomic mass is 35.5. The predicted octanol–water partition coefficient (Wildman–Crippen LogP) is 2.39. The second-order valence-corrected chi connectivity index (χ2v) is 7.80. The zero-order valence-electron chi connectivity index (χ0n) is 12.5. The van der Waals surface area contributed by atoms with Gasteiger partial charge < -0.3 is 10.1 Å². The summed E-state index contributed by atoms with van der Waals surface area (Å²) in [6, 6.07) is 5.51. The van der Waals surface area contributed by atoms with Crippen LogP contribution in [0.25, 0.3) is 0 Å². The number of thiazole rings is 1. The average molecular weight is 389 g/mol. The largest absolute Gasteiger partial charge is 0.461 e. The number of carbonyl (C=O) groups is 2. The quantitative estimate of drug-likeness (QED) is 0.762. The van der Waals surface area contributed by atoms with E-state index in [1.165, 1.54) is 29.6 Å². The van der Waals surface area contributed by atoms with Crippen LogP contribution in [0.1, 0.15) is 17.4 Å². The number of amides is 1. The number of ether oxygens (including phenoxy) is 1. The van der Waals surface area contributed by atoms with Crippen LogP contribution in [0.3, 0.4) is 0 Å². The number of halogens is 1. The lowest BCUT2D eigenvalue weighted by atomic mass is 10.4. The van der Waals surface area contributed by atoms with Gasteiger partial charge in [-0.15, -0.1) is 11.3 Å². The zero-order valence-corrected chi connectivity index (χ0v) is 14.9. The first-order valence-electron chi connectivity index (χ1n) is 6.72. The maximum absolute atomic E-state index is 12.1. The molecule has 0 spiro atoms. The summed E-state index contributed by atoms with van der Waals surface area (Å²) in [6.45, 7) is 1.87. The average Bonchev–Trinajstić information content (AvgIpc) is 2.95. The minimum absolute atomic E-state index is 0.00611.